The molecule has 2 rings (SSSR count). The molecule has 2 N–H and O–H groups in total. The number of hydrogen-bond donors (Lipinski definition) is 1. The van der Waals surface area contributed by atoms with Crippen LogP contribution in [0.5, 0.6) is 0 Å². The van der Waals surface area contributed by atoms with Crippen LogP contribution in [0.15, 0.2) is 43.0 Å². The molecule has 0 saturated heterocycles. The highest BCUT2D eigenvalue weighted by Crippen LogP contribution is 2.25. The molecule has 0 unspecified atom stereocenters. The maximum absolute atomic E-state index is 5.76. The molecule has 2 aromatic rings. The number of benzene rings is 1. The van der Waals surface area contributed by atoms with Crippen LogP contribution < -0.4 is 10.6 Å². The number of rotatable bonds is 7. The fourth-order valence-electron chi connectivity index (χ4n) is 2.22. The summed E-state index contributed by atoms with van der Waals surface area (Å²) in [4.78, 5) is 6.85. The van der Waals surface area contributed by atoms with Crippen LogP contribution in [0.4, 0.5) is 5.82 Å². The van der Waals surface area contributed by atoms with E-state index in [0.717, 1.165) is 35.4 Å². The number of anilines is 1. The first kappa shape index (κ1) is 14.5. The molecule has 0 atom stereocenters. The fraction of sp³-hybridized carbons (Fsp3) is 0.312. The van der Waals surface area contributed by atoms with E-state index >= 15 is 0 Å². The molecule has 0 amide bonds. The number of methoxy groups -OCH3 is 1. The number of nitrogens with zero attached hydrogens (tertiary/aromatic N) is 2. The maximum atomic E-state index is 5.76. The van der Waals surface area contributed by atoms with Gasteiger partial charge in [0.15, 0.2) is 0 Å². The molecule has 0 aliphatic heterocycles. The summed E-state index contributed by atoms with van der Waals surface area (Å²) in [5.74, 6) is 0.945. The van der Waals surface area contributed by atoms with Crippen molar-refractivity contribution < 1.29 is 4.74 Å². The van der Waals surface area contributed by atoms with Crippen molar-refractivity contribution in [2.45, 2.75) is 6.54 Å². The third kappa shape index (κ3) is 3.15. The van der Waals surface area contributed by atoms with Crippen LogP contribution in [-0.4, -0.2) is 31.8 Å². The first-order valence-electron chi connectivity index (χ1n) is 6.73. The van der Waals surface area contributed by atoms with Gasteiger partial charge in [0.05, 0.1) is 12.3 Å². The Morgan fingerprint density at radius 1 is 1.40 bits per heavy atom. The fourth-order valence-corrected chi connectivity index (χ4v) is 2.22. The first-order chi connectivity index (χ1) is 9.80. The number of pyridine rings is 1. The van der Waals surface area contributed by atoms with Gasteiger partial charge in [0.25, 0.3) is 0 Å². The smallest absolute Gasteiger partial charge is 0.137 e. The second-order valence-electron chi connectivity index (χ2n) is 4.59. The zero-order valence-electron chi connectivity index (χ0n) is 11.9. The Hall–Kier alpha value is -1.91. The van der Waals surface area contributed by atoms with Crippen LogP contribution in [0, 0.1) is 0 Å². The molecule has 0 aliphatic rings. The molecule has 0 spiro atoms. The van der Waals surface area contributed by atoms with E-state index in [9.17, 15) is 0 Å². The molecule has 0 bridgehead atoms. The molecule has 4 nitrogen and oxygen atoms in total. The SMILES string of the molecule is C=CCN(CCOC)c1nc(CN)cc2ccccc12. The summed E-state index contributed by atoms with van der Waals surface area (Å²) in [6, 6.07) is 10.3. The Bertz CT molecular complexity index is 583. The zero-order valence-corrected chi connectivity index (χ0v) is 11.9. The van der Waals surface area contributed by atoms with E-state index in [-0.39, 0.29) is 0 Å². The topological polar surface area (TPSA) is 51.4 Å². The molecule has 106 valence electrons. The van der Waals surface area contributed by atoms with Gasteiger partial charge in [0, 0.05) is 32.1 Å². The van der Waals surface area contributed by atoms with E-state index in [1.54, 1.807) is 7.11 Å². The van der Waals surface area contributed by atoms with E-state index in [4.69, 9.17) is 10.5 Å². The number of hydrogen-bond acceptors (Lipinski definition) is 4. The van der Waals surface area contributed by atoms with Crippen LogP contribution in [0.2, 0.25) is 0 Å². The zero-order chi connectivity index (χ0) is 14.4. The average molecular weight is 271 g/mol. The molecule has 0 fully saturated rings. The van der Waals surface area contributed by atoms with Gasteiger partial charge in [-0.15, -0.1) is 6.58 Å². The Labute approximate surface area is 119 Å². The highest BCUT2D eigenvalue weighted by Gasteiger charge is 2.12. The van der Waals surface area contributed by atoms with Crippen LogP contribution >= 0.6 is 0 Å². The minimum absolute atomic E-state index is 0.435. The lowest BCUT2D eigenvalue weighted by Crippen LogP contribution is -2.28. The van der Waals surface area contributed by atoms with Crippen LogP contribution in [-0.2, 0) is 11.3 Å². The highest BCUT2D eigenvalue weighted by atomic mass is 16.5. The lowest BCUT2D eigenvalue weighted by molar-refractivity contribution is 0.205. The normalized spacial score (nSPS) is 10.7. The maximum Gasteiger partial charge on any atom is 0.137 e. The summed E-state index contributed by atoms with van der Waals surface area (Å²) < 4.78 is 5.18. The minimum Gasteiger partial charge on any atom is -0.383 e. The Kier molecular flexibility index (Phi) is 5.09. The van der Waals surface area contributed by atoms with Crippen molar-refractivity contribution in [2.75, 3.05) is 31.7 Å². The van der Waals surface area contributed by atoms with Crippen molar-refractivity contribution in [1.29, 1.82) is 0 Å². The summed E-state index contributed by atoms with van der Waals surface area (Å²) >= 11 is 0. The number of ether oxygens (including phenoxy) is 1. The summed E-state index contributed by atoms with van der Waals surface area (Å²) in [6.07, 6.45) is 1.88. The molecule has 1 heterocycles. The molecule has 4 heteroatoms. The monoisotopic (exact) mass is 271 g/mol. The van der Waals surface area contributed by atoms with Crippen molar-refractivity contribution in [3.05, 3.63) is 48.7 Å². The molecular formula is C16H21N3O. The molecule has 0 saturated carbocycles. The van der Waals surface area contributed by atoms with Gasteiger partial charge >= 0.3 is 0 Å². The van der Waals surface area contributed by atoms with Gasteiger partial charge in [0.2, 0.25) is 0 Å². The van der Waals surface area contributed by atoms with Gasteiger partial charge < -0.3 is 15.4 Å². The quantitative estimate of drug-likeness (QED) is 0.785. The lowest BCUT2D eigenvalue weighted by Gasteiger charge is -2.24. The molecule has 1 aromatic heterocycles. The molecule has 1 aromatic carbocycles. The summed E-state index contributed by atoms with van der Waals surface area (Å²) in [6.45, 7) is 6.41. The van der Waals surface area contributed by atoms with Crippen molar-refractivity contribution in [3.8, 4) is 0 Å². The molecule has 0 aliphatic carbocycles. The first-order valence-corrected chi connectivity index (χ1v) is 6.73. The summed E-state index contributed by atoms with van der Waals surface area (Å²) in [5, 5.41) is 2.28. The second kappa shape index (κ2) is 7.03. The van der Waals surface area contributed by atoms with Crippen molar-refractivity contribution in [3.63, 3.8) is 0 Å². The molecule has 20 heavy (non-hydrogen) atoms. The van der Waals surface area contributed by atoms with Gasteiger partial charge in [0.1, 0.15) is 5.82 Å². The van der Waals surface area contributed by atoms with Gasteiger partial charge in [-0.3, -0.25) is 0 Å². The number of fused-ring (bicyclic) bond motifs is 1. The number of nitrogens with two attached hydrogens (primary N) is 1. The van der Waals surface area contributed by atoms with Gasteiger partial charge in [-0.1, -0.05) is 30.3 Å². The van der Waals surface area contributed by atoms with Gasteiger partial charge in [-0.05, 0) is 11.5 Å². The largest absolute Gasteiger partial charge is 0.383 e. The van der Waals surface area contributed by atoms with Crippen molar-refractivity contribution in [1.82, 2.24) is 4.98 Å². The highest BCUT2D eigenvalue weighted by molar-refractivity contribution is 5.92. The van der Waals surface area contributed by atoms with E-state index < -0.39 is 0 Å². The van der Waals surface area contributed by atoms with E-state index in [2.05, 4.69) is 28.6 Å². The van der Waals surface area contributed by atoms with E-state index in [0.29, 0.717) is 13.2 Å². The Balaban J connectivity index is 2.50. The van der Waals surface area contributed by atoms with E-state index in [1.165, 1.54) is 0 Å². The van der Waals surface area contributed by atoms with Crippen molar-refractivity contribution in [2.24, 2.45) is 5.73 Å². The van der Waals surface area contributed by atoms with Gasteiger partial charge in [-0.25, -0.2) is 4.98 Å². The second-order valence-corrected chi connectivity index (χ2v) is 4.59. The van der Waals surface area contributed by atoms with Crippen LogP contribution in [0.25, 0.3) is 10.8 Å². The predicted octanol–water partition coefficient (Wildman–Crippen LogP) is 2.33. The van der Waals surface area contributed by atoms with Crippen molar-refractivity contribution >= 4 is 16.6 Å². The predicted molar refractivity (Wildman–Crippen MR) is 83.9 cm³/mol. The van der Waals surface area contributed by atoms with Crippen LogP contribution in [0.1, 0.15) is 5.69 Å². The van der Waals surface area contributed by atoms with E-state index in [1.807, 2.05) is 24.3 Å². The molecule has 0 radical (unpaired) electrons. The minimum atomic E-state index is 0.435. The van der Waals surface area contributed by atoms with Gasteiger partial charge in [-0.2, -0.15) is 0 Å². The number of aromatic nitrogens is 1. The molecular weight excluding hydrogens is 250 g/mol. The Morgan fingerprint density at radius 2 is 2.20 bits per heavy atom. The lowest BCUT2D eigenvalue weighted by atomic mass is 10.1. The summed E-state index contributed by atoms with van der Waals surface area (Å²) in [7, 11) is 1.70. The Morgan fingerprint density at radius 3 is 2.90 bits per heavy atom. The standard InChI is InChI=1S/C16H21N3O/c1-3-8-19(9-10-20-2)16-15-7-5-4-6-13(15)11-14(12-17)18-16/h3-7,11H,1,8-10,12,17H2,2H3. The summed E-state index contributed by atoms with van der Waals surface area (Å²) in [5.41, 5.74) is 6.65. The average Bonchev–Trinajstić information content (AvgIpc) is 2.50. The van der Waals surface area contributed by atoms with Crippen LogP contribution in [0.3, 0.4) is 0 Å². The third-order valence-corrected chi connectivity index (χ3v) is 3.20. The third-order valence-electron chi connectivity index (χ3n) is 3.20.